The number of rotatable bonds is 3. The molecule has 3 aliphatic rings. The lowest BCUT2D eigenvalue weighted by molar-refractivity contribution is -0.122. The van der Waals surface area contributed by atoms with Crippen molar-refractivity contribution in [2.75, 3.05) is 6.61 Å². The Morgan fingerprint density at radius 2 is 1.77 bits per heavy atom. The van der Waals surface area contributed by atoms with Gasteiger partial charge in [0.25, 0.3) is 5.91 Å². The van der Waals surface area contributed by atoms with Crippen LogP contribution < -0.4 is 10.6 Å². The molecule has 2 N–H and O–H groups in total. The van der Waals surface area contributed by atoms with Crippen LogP contribution in [-0.2, 0) is 9.53 Å². The molecule has 0 bridgehead atoms. The van der Waals surface area contributed by atoms with Crippen molar-refractivity contribution in [1.82, 2.24) is 15.5 Å². The molecule has 5 rings (SSSR count). The molecule has 2 amide bonds. The molecule has 2 heterocycles. The molecule has 2 unspecified atom stereocenters. The standard InChI is InChI=1S/C23H23N5O3/c1-13(2)28-12-24-19-20(28)25-22(26-21(19)29)27-23(30)31-11-18-16-9-5-3-7-14(16)15-8-4-6-10-17(15)18/h3-10,12-13,18-20H,11H2,1-2H3,(H2,25,26,27,29,30). The first-order valence-corrected chi connectivity index (χ1v) is 10.3. The number of nitrogens with zero attached hydrogens (tertiary/aromatic N) is 3. The van der Waals surface area contributed by atoms with E-state index >= 15 is 0 Å². The Morgan fingerprint density at radius 1 is 1.13 bits per heavy atom. The second kappa shape index (κ2) is 7.54. The number of hydrogen-bond acceptors (Lipinski definition) is 6. The fraction of sp³-hybridized carbons (Fsp3) is 0.304. The van der Waals surface area contributed by atoms with Gasteiger partial charge in [-0.2, -0.15) is 0 Å². The summed E-state index contributed by atoms with van der Waals surface area (Å²) >= 11 is 0. The number of nitrogens with one attached hydrogen (secondary N) is 2. The van der Waals surface area contributed by atoms with E-state index in [0.29, 0.717) is 0 Å². The number of ether oxygens (including phenoxy) is 1. The van der Waals surface area contributed by atoms with Gasteiger partial charge in [0.2, 0.25) is 5.96 Å². The third-order valence-corrected chi connectivity index (χ3v) is 5.88. The summed E-state index contributed by atoms with van der Waals surface area (Å²) < 4.78 is 5.54. The number of fused-ring (bicyclic) bond motifs is 4. The minimum absolute atomic E-state index is 0.0370. The van der Waals surface area contributed by atoms with Crippen molar-refractivity contribution in [2.45, 2.75) is 38.0 Å². The highest BCUT2D eigenvalue weighted by Crippen LogP contribution is 2.44. The smallest absolute Gasteiger partial charge is 0.413 e. The topological polar surface area (TPSA) is 95.4 Å². The van der Waals surface area contributed by atoms with Crippen LogP contribution >= 0.6 is 0 Å². The van der Waals surface area contributed by atoms with Gasteiger partial charge >= 0.3 is 6.09 Å². The van der Waals surface area contributed by atoms with Crippen LogP contribution in [0.1, 0.15) is 30.9 Å². The Morgan fingerprint density at radius 3 is 2.42 bits per heavy atom. The maximum Gasteiger partial charge on any atom is 0.413 e. The number of guanidine groups is 1. The first kappa shape index (κ1) is 19.3. The van der Waals surface area contributed by atoms with E-state index in [2.05, 4.69) is 44.9 Å². The first-order valence-electron chi connectivity index (χ1n) is 10.3. The van der Waals surface area contributed by atoms with Crippen LogP contribution in [0.3, 0.4) is 0 Å². The molecular formula is C23H23N5O3. The van der Waals surface area contributed by atoms with E-state index < -0.39 is 18.3 Å². The maximum atomic E-state index is 12.5. The molecule has 8 heteroatoms. The van der Waals surface area contributed by atoms with Gasteiger partial charge < -0.3 is 9.64 Å². The molecule has 2 atom stereocenters. The lowest BCUT2D eigenvalue weighted by Gasteiger charge is -2.31. The molecule has 31 heavy (non-hydrogen) atoms. The predicted octanol–water partition coefficient (Wildman–Crippen LogP) is 2.46. The Kier molecular flexibility index (Phi) is 4.69. The average molecular weight is 417 g/mol. The lowest BCUT2D eigenvalue weighted by atomic mass is 9.98. The predicted molar refractivity (Wildman–Crippen MR) is 117 cm³/mol. The van der Waals surface area contributed by atoms with Gasteiger partial charge in [-0.1, -0.05) is 48.5 Å². The van der Waals surface area contributed by atoms with E-state index in [1.807, 2.05) is 43.0 Å². The number of hydrogen-bond donors (Lipinski definition) is 2. The summed E-state index contributed by atoms with van der Waals surface area (Å²) in [5, 5.41) is 5.16. The summed E-state index contributed by atoms with van der Waals surface area (Å²) in [4.78, 5) is 35.4. The molecule has 0 spiro atoms. The van der Waals surface area contributed by atoms with Gasteiger partial charge in [0.1, 0.15) is 6.61 Å². The van der Waals surface area contributed by atoms with Gasteiger partial charge in [0.15, 0.2) is 12.2 Å². The zero-order valence-electron chi connectivity index (χ0n) is 17.3. The zero-order chi connectivity index (χ0) is 21.5. The van der Waals surface area contributed by atoms with Gasteiger partial charge in [-0.05, 0) is 36.1 Å². The highest BCUT2D eigenvalue weighted by Gasteiger charge is 2.41. The van der Waals surface area contributed by atoms with Gasteiger partial charge in [-0.3, -0.25) is 20.4 Å². The van der Waals surface area contributed by atoms with Crippen LogP contribution in [0.4, 0.5) is 4.79 Å². The van der Waals surface area contributed by atoms with E-state index in [1.54, 1.807) is 6.34 Å². The highest BCUT2D eigenvalue weighted by atomic mass is 16.5. The molecule has 0 radical (unpaired) electrons. The van der Waals surface area contributed by atoms with E-state index in [4.69, 9.17) is 4.74 Å². The fourth-order valence-corrected chi connectivity index (χ4v) is 4.39. The molecule has 0 fully saturated rings. The van der Waals surface area contributed by atoms with Crippen LogP contribution in [0.15, 0.2) is 58.5 Å². The van der Waals surface area contributed by atoms with Crippen molar-refractivity contribution in [1.29, 1.82) is 0 Å². The summed E-state index contributed by atoms with van der Waals surface area (Å²) in [6, 6.07) is 15.8. The molecule has 0 aromatic heterocycles. The monoisotopic (exact) mass is 417 g/mol. The number of benzene rings is 2. The minimum atomic E-state index is -0.658. The second-order valence-electron chi connectivity index (χ2n) is 8.08. The second-order valence-corrected chi connectivity index (χ2v) is 8.08. The highest BCUT2D eigenvalue weighted by molar-refractivity contribution is 6.07. The van der Waals surface area contributed by atoms with E-state index in [0.717, 1.165) is 22.3 Å². The van der Waals surface area contributed by atoms with Crippen molar-refractivity contribution in [3.8, 4) is 11.1 Å². The summed E-state index contributed by atoms with van der Waals surface area (Å²) in [5.74, 6) is -0.252. The van der Waals surface area contributed by atoms with Crippen LogP contribution in [0.5, 0.6) is 0 Å². The maximum absolute atomic E-state index is 12.5. The third-order valence-electron chi connectivity index (χ3n) is 5.88. The van der Waals surface area contributed by atoms with Crippen molar-refractivity contribution >= 4 is 24.3 Å². The molecule has 0 saturated carbocycles. The first-order chi connectivity index (χ1) is 15.0. The Labute approximate surface area is 180 Å². The van der Waals surface area contributed by atoms with Crippen LogP contribution in [0.2, 0.25) is 0 Å². The SMILES string of the molecule is CC(C)N1C=NC2C(=O)NC(NC(=O)OCC3c4ccccc4-c4ccccc43)=NC21. The van der Waals surface area contributed by atoms with Crippen molar-refractivity contribution in [3.63, 3.8) is 0 Å². The summed E-state index contributed by atoms with van der Waals surface area (Å²) in [7, 11) is 0. The van der Waals surface area contributed by atoms with E-state index in [-0.39, 0.29) is 30.4 Å². The Bertz CT molecular complexity index is 1060. The molecule has 0 saturated heterocycles. The number of carbonyl (C=O) groups is 2. The largest absolute Gasteiger partial charge is 0.448 e. The Balaban J connectivity index is 1.28. The molecular weight excluding hydrogens is 394 g/mol. The molecule has 8 nitrogen and oxygen atoms in total. The van der Waals surface area contributed by atoms with Crippen molar-refractivity contribution < 1.29 is 14.3 Å². The summed E-state index contributed by atoms with van der Waals surface area (Å²) in [6.45, 7) is 4.18. The molecule has 2 aromatic carbocycles. The molecule has 2 aliphatic heterocycles. The number of alkyl carbamates (subject to hydrolysis) is 1. The number of amides is 2. The number of aliphatic imine (C=N–C) groups is 2. The van der Waals surface area contributed by atoms with Gasteiger partial charge in [-0.25, -0.2) is 9.79 Å². The summed E-state index contributed by atoms with van der Waals surface area (Å²) in [5.41, 5.74) is 4.60. The van der Waals surface area contributed by atoms with Gasteiger partial charge in [0, 0.05) is 12.0 Å². The average Bonchev–Trinajstić information content (AvgIpc) is 3.32. The normalized spacial score (nSPS) is 21.3. The number of carbonyl (C=O) groups excluding carboxylic acids is 2. The Hall–Kier alpha value is -3.68. The van der Waals surface area contributed by atoms with Crippen molar-refractivity contribution in [2.24, 2.45) is 9.98 Å². The molecule has 2 aromatic rings. The fourth-order valence-electron chi connectivity index (χ4n) is 4.39. The molecule has 1 aliphatic carbocycles. The van der Waals surface area contributed by atoms with Crippen molar-refractivity contribution in [3.05, 3.63) is 59.7 Å². The zero-order valence-corrected chi connectivity index (χ0v) is 17.3. The lowest BCUT2D eigenvalue weighted by Crippen LogP contribution is -2.56. The quantitative estimate of drug-likeness (QED) is 0.802. The summed E-state index contributed by atoms with van der Waals surface area (Å²) in [6.07, 6.45) is 0.520. The molecule has 158 valence electrons. The van der Waals surface area contributed by atoms with Gasteiger partial charge in [0.05, 0.1) is 6.34 Å². The van der Waals surface area contributed by atoms with Crippen LogP contribution in [0, 0.1) is 0 Å². The van der Waals surface area contributed by atoms with E-state index in [9.17, 15) is 9.59 Å². The van der Waals surface area contributed by atoms with Crippen LogP contribution in [0.25, 0.3) is 11.1 Å². The van der Waals surface area contributed by atoms with Crippen LogP contribution in [-0.4, -0.2) is 54.1 Å². The minimum Gasteiger partial charge on any atom is -0.448 e. The van der Waals surface area contributed by atoms with Gasteiger partial charge in [-0.15, -0.1) is 0 Å². The third kappa shape index (κ3) is 3.34. The van der Waals surface area contributed by atoms with E-state index in [1.165, 1.54) is 0 Å².